The third-order valence-corrected chi connectivity index (χ3v) is 4.90. The predicted octanol–water partition coefficient (Wildman–Crippen LogP) is 4.87. The summed E-state index contributed by atoms with van der Waals surface area (Å²) in [5.74, 6) is -0.922. The minimum absolute atomic E-state index is 0.278. The van der Waals surface area contributed by atoms with E-state index in [1.165, 1.54) is 4.70 Å². The van der Waals surface area contributed by atoms with Crippen LogP contribution in [0.25, 0.3) is 10.1 Å². The van der Waals surface area contributed by atoms with Gasteiger partial charge in [-0.25, -0.2) is 4.79 Å². The number of aromatic carboxylic acids is 1. The number of carbonyl (C=O) groups is 1. The van der Waals surface area contributed by atoms with Gasteiger partial charge < -0.3 is 10.4 Å². The average Bonchev–Trinajstić information content (AvgIpc) is 2.82. The molecule has 3 aromatic rings. The van der Waals surface area contributed by atoms with Gasteiger partial charge in [0.25, 0.3) is 0 Å². The molecule has 0 unspecified atom stereocenters. The van der Waals surface area contributed by atoms with Crippen molar-refractivity contribution in [2.24, 2.45) is 0 Å². The highest BCUT2D eigenvalue weighted by Gasteiger charge is 2.09. The molecule has 2 aromatic carbocycles. The molecular formula is C16H12ClNO2S. The lowest BCUT2D eigenvalue weighted by Crippen LogP contribution is -2.00. The van der Waals surface area contributed by atoms with Gasteiger partial charge in [0, 0.05) is 20.7 Å². The molecule has 2 N–H and O–H groups in total. The molecule has 0 radical (unpaired) electrons. The highest BCUT2D eigenvalue weighted by atomic mass is 35.5. The summed E-state index contributed by atoms with van der Waals surface area (Å²) in [6.45, 7) is 0.616. The average molecular weight is 318 g/mol. The molecule has 0 fully saturated rings. The summed E-state index contributed by atoms with van der Waals surface area (Å²) < 4.78 is 1.17. The number of hydrogen-bond donors (Lipinski definition) is 2. The quantitative estimate of drug-likeness (QED) is 0.722. The van der Waals surface area contributed by atoms with Gasteiger partial charge in [-0.2, -0.15) is 0 Å². The van der Waals surface area contributed by atoms with E-state index in [0.29, 0.717) is 6.54 Å². The van der Waals surface area contributed by atoms with Crippen LogP contribution in [0.1, 0.15) is 15.2 Å². The second kappa shape index (κ2) is 5.76. The van der Waals surface area contributed by atoms with Gasteiger partial charge in [0.15, 0.2) is 0 Å². The second-order valence-corrected chi connectivity index (χ2v) is 6.09. The fourth-order valence-electron chi connectivity index (χ4n) is 2.09. The lowest BCUT2D eigenvalue weighted by molar-refractivity contribution is 0.0697. The van der Waals surface area contributed by atoms with Gasteiger partial charge in [-0.1, -0.05) is 29.8 Å². The molecule has 0 spiro atoms. The molecule has 1 heterocycles. The molecular weight excluding hydrogens is 306 g/mol. The summed E-state index contributed by atoms with van der Waals surface area (Å²) in [6, 6.07) is 14.7. The van der Waals surface area contributed by atoms with Gasteiger partial charge in [0.1, 0.15) is 0 Å². The van der Waals surface area contributed by atoms with Crippen LogP contribution in [0, 0.1) is 0 Å². The highest BCUT2D eigenvalue weighted by Crippen LogP contribution is 2.35. The Kier molecular flexibility index (Phi) is 3.82. The van der Waals surface area contributed by atoms with E-state index in [1.54, 1.807) is 35.6 Å². The first-order valence-electron chi connectivity index (χ1n) is 6.38. The number of hydrogen-bond acceptors (Lipinski definition) is 3. The van der Waals surface area contributed by atoms with Gasteiger partial charge in [0.05, 0.1) is 17.1 Å². The molecule has 5 heteroatoms. The maximum atomic E-state index is 10.8. The van der Waals surface area contributed by atoms with E-state index in [1.807, 2.05) is 18.2 Å². The molecule has 0 bridgehead atoms. The van der Waals surface area contributed by atoms with Gasteiger partial charge in [-0.3, -0.25) is 0 Å². The topological polar surface area (TPSA) is 49.3 Å². The van der Waals surface area contributed by atoms with Crippen molar-refractivity contribution >= 4 is 44.7 Å². The van der Waals surface area contributed by atoms with Crippen molar-refractivity contribution in [2.75, 3.05) is 5.32 Å². The molecule has 0 saturated heterocycles. The Morgan fingerprint density at radius 1 is 1.14 bits per heavy atom. The van der Waals surface area contributed by atoms with Crippen LogP contribution in [-0.4, -0.2) is 11.1 Å². The Morgan fingerprint density at radius 3 is 2.52 bits per heavy atom. The zero-order valence-electron chi connectivity index (χ0n) is 11.0. The molecule has 0 aliphatic rings. The summed E-state index contributed by atoms with van der Waals surface area (Å²) in [4.78, 5) is 11.9. The van der Waals surface area contributed by atoms with Crippen LogP contribution in [0.2, 0.25) is 5.02 Å². The highest BCUT2D eigenvalue weighted by molar-refractivity contribution is 7.19. The number of rotatable bonds is 4. The third kappa shape index (κ3) is 2.86. The summed E-state index contributed by atoms with van der Waals surface area (Å²) in [6.07, 6.45) is 0. The van der Waals surface area contributed by atoms with E-state index in [9.17, 15) is 4.79 Å². The van der Waals surface area contributed by atoms with Crippen molar-refractivity contribution in [2.45, 2.75) is 6.54 Å². The van der Waals surface area contributed by atoms with Crippen LogP contribution in [0.5, 0.6) is 0 Å². The van der Waals surface area contributed by atoms with Crippen molar-refractivity contribution in [3.63, 3.8) is 0 Å². The number of fused-ring (bicyclic) bond motifs is 1. The fourth-order valence-corrected chi connectivity index (χ4v) is 3.53. The second-order valence-electron chi connectivity index (χ2n) is 4.57. The van der Waals surface area contributed by atoms with Gasteiger partial charge in [-0.15, -0.1) is 11.3 Å². The monoisotopic (exact) mass is 317 g/mol. The number of thiophene rings is 1. The number of carboxylic acid groups (broad SMARTS) is 1. The first-order chi connectivity index (χ1) is 10.1. The fraction of sp³-hybridized carbons (Fsp3) is 0.0625. The minimum atomic E-state index is -0.922. The Morgan fingerprint density at radius 2 is 1.86 bits per heavy atom. The molecule has 0 saturated carbocycles. The van der Waals surface area contributed by atoms with Crippen molar-refractivity contribution in [3.05, 3.63) is 64.0 Å². The minimum Gasteiger partial charge on any atom is -0.478 e. The molecule has 3 rings (SSSR count). The zero-order valence-corrected chi connectivity index (χ0v) is 12.5. The van der Waals surface area contributed by atoms with Crippen LogP contribution in [-0.2, 0) is 6.54 Å². The van der Waals surface area contributed by atoms with Crippen molar-refractivity contribution in [1.82, 2.24) is 0 Å². The van der Waals surface area contributed by atoms with E-state index in [2.05, 4.69) is 11.4 Å². The van der Waals surface area contributed by atoms with E-state index in [4.69, 9.17) is 16.7 Å². The van der Waals surface area contributed by atoms with E-state index in [-0.39, 0.29) is 5.56 Å². The Bertz CT molecular complexity index is 796. The standard InChI is InChI=1S/C16H12ClNO2S/c17-15-12-3-1-2-4-13(12)21-14(15)9-18-11-7-5-10(6-8-11)16(19)20/h1-8,18H,9H2,(H,19,20). The van der Waals surface area contributed by atoms with Gasteiger partial charge >= 0.3 is 5.97 Å². The van der Waals surface area contributed by atoms with Crippen molar-refractivity contribution in [3.8, 4) is 0 Å². The lowest BCUT2D eigenvalue weighted by Gasteiger charge is -2.05. The van der Waals surface area contributed by atoms with Crippen molar-refractivity contribution < 1.29 is 9.90 Å². The van der Waals surface area contributed by atoms with E-state index < -0.39 is 5.97 Å². The van der Waals surface area contributed by atoms with Crippen LogP contribution in [0.3, 0.4) is 0 Å². The van der Waals surface area contributed by atoms with Gasteiger partial charge in [0.2, 0.25) is 0 Å². The number of anilines is 1. The number of nitrogens with one attached hydrogen (secondary N) is 1. The molecule has 1 aromatic heterocycles. The molecule has 3 nitrogen and oxygen atoms in total. The van der Waals surface area contributed by atoms with E-state index >= 15 is 0 Å². The molecule has 21 heavy (non-hydrogen) atoms. The normalized spacial score (nSPS) is 10.7. The smallest absolute Gasteiger partial charge is 0.335 e. The molecule has 0 aliphatic heterocycles. The maximum Gasteiger partial charge on any atom is 0.335 e. The Labute approximate surface area is 130 Å². The summed E-state index contributed by atoms with van der Waals surface area (Å²) in [7, 11) is 0. The number of carboxylic acids is 1. The van der Waals surface area contributed by atoms with Gasteiger partial charge in [-0.05, 0) is 30.3 Å². The van der Waals surface area contributed by atoms with E-state index in [0.717, 1.165) is 21.0 Å². The Balaban J connectivity index is 1.77. The third-order valence-electron chi connectivity index (χ3n) is 3.19. The van der Waals surface area contributed by atoms with Crippen molar-refractivity contribution in [1.29, 1.82) is 0 Å². The van der Waals surface area contributed by atoms with Crippen LogP contribution >= 0.6 is 22.9 Å². The number of halogens is 1. The molecule has 0 aliphatic carbocycles. The first kappa shape index (κ1) is 13.9. The van der Waals surface area contributed by atoms with Crippen LogP contribution < -0.4 is 5.32 Å². The zero-order chi connectivity index (χ0) is 14.8. The molecule has 0 amide bonds. The largest absolute Gasteiger partial charge is 0.478 e. The maximum absolute atomic E-state index is 10.8. The predicted molar refractivity (Wildman–Crippen MR) is 87.6 cm³/mol. The molecule has 106 valence electrons. The SMILES string of the molecule is O=C(O)c1ccc(NCc2sc3ccccc3c2Cl)cc1. The summed E-state index contributed by atoms with van der Waals surface area (Å²) >= 11 is 8.05. The van der Waals surface area contributed by atoms with Crippen LogP contribution in [0.4, 0.5) is 5.69 Å². The summed E-state index contributed by atoms with van der Waals surface area (Å²) in [5, 5.41) is 14.0. The first-order valence-corrected chi connectivity index (χ1v) is 7.58. The summed E-state index contributed by atoms with van der Waals surface area (Å²) in [5.41, 5.74) is 1.15. The van der Waals surface area contributed by atoms with Crippen LogP contribution in [0.15, 0.2) is 48.5 Å². The number of benzene rings is 2. The lowest BCUT2D eigenvalue weighted by atomic mass is 10.2. The molecule has 0 atom stereocenters. The Hall–Kier alpha value is -2.04.